The van der Waals surface area contributed by atoms with Crippen molar-refractivity contribution in [3.63, 3.8) is 0 Å². The van der Waals surface area contributed by atoms with Gasteiger partial charge in [0.15, 0.2) is 6.29 Å². The van der Waals surface area contributed by atoms with Gasteiger partial charge in [0.1, 0.15) is 17.6 Å². The fourth-order valence-corrected chi connectivity index (χ4v) is 3.23. The van der Waals surface area contributed by atoms with E-state index in [9.17, 15) is 4.39 Å². The number of hydrogen-bond donors (Lipinski definition) is 2. The summed E-state index contributed by atoms with van der Waals surface area (Å²) in [6.45, 7) is 3.04. The molecule has 1 aliphatic rings. The quantitative estimate of drug-likeness (QED) is 0.451. The molecule has 2 rings (SSSR count). The highest BCUT2D eigenvalue weighted by molar-refractivity contribution is 6.30. The molecule has 0 bridgehead atoms. The molecule has 9 heteroatoms. The van der Waals surface area contributed by atoms with Gasteiger partial charge >= 0.3 is 0 Å². The minimum absolute atomic E-state index is 0.0429. The Morgan fingerprint density at radius 1 is 1.30 bits per heavy atom. The van der Waals surface area contributed by atoms with E-state index >= 15 is 0 Å². The molecule has 4 N–H and O–H groups in total. The summed E-state index contributed by atoms with van der Waals surface area (Å²) in [4.78, 5) is 3.96. The zero-order chi connectivity index (χ0) is 22.1. The Morgan fingerprint density at radius 2 is 2.00 bits per heavy atom. The van der Waals surface area contributed by atoms with Crippen LogP contribution in [0.4, 0.5) is 4.39 Å². The van der Waals surface area contributed by atoms with E-state index in [2.05, 4.69) is 4.90 Å². The molecule has 1 aromatic rings. The van der Waals surface area contributed by atoms with Gasteiger partial charge in [-0.25, -0.2) is 4.39 Å². The summed E-state index contributed by atoms with van der Waals surface area (Å²) in [5.74, 6) is 0.245. The van der Waals surface area contributed by atoms with E-state index in [0.29, 0.717) is 50.0 Å². The summed E-state index contributed by atoms with van der Waals surface area (Å²) in [7, 11) is 4.04. The molecule has 30 heavy (non-hydrogen) atoms. The molecule has 0 radical (unpaired) electrons. The fraction of sp³-hybridized carbons (Fsp3) is 0.476. The van der Waals surface area contributed by atoms with Crippen LogP contribution >= 0.6 is 11.6 Å². The lowest BCUT2D eigenvalue weighted by atomic mass is 10.1. The van der Waals surface area contributed by atoms with Crippen LogP contribution in [-0.4, -0.2) is 56.5 Å². The minimum atomic E-state index is -0.490. The average Bonchev–Trinajstić information content (AvgIpc) is 2.72. The number of hydrogen-bond acceptors (Lipinski definition) is 7. The summed E-state index contributed by atoms with van der Waals surface area (Å²) in [6.07, 6.45) is 3.24. The number of benzene rings is 1. The molecular weight excluding hydrogens is 409 g/mol. The highest BCUT2D eigenvalue weighted by atomic mass is 35.5. The molecular formula is C21H29ClFN5O2. The molecule has 164 valence electrons. The van der Waals surface area contributed by atoms with Crippen LogP contribution in [0.2, 0.25) is 5.02 Å². The zero-order valence-electron chi connectivity index (χ0n) is 17.4. The zero-order valence-corrected chi connectivity index (χ0v) is 18.1. The van der Waals surface area contributed by atoms with Crippen molar-refractivity contribution in [1.82, 2.24) is 9.80 Å². The van der Waals surface area contributed by atoms with Crippen LogP contribution in [0.3, 0.4) is 0 Å². The van der Waals surface area contributed by atoms with Crippen LogP contribution in [0.25, 0.3) is 0 Å². The number of ether oxygens (including phenoxy) is 2. The number of halogens is 2. The van der Waals surface area contributed by atoms with Crippen molar-refractivity contribution < 1.29 is 13.9 Å². The van der Waals surface area contributed by atoms with E-state index < -0.39 is 5.82 Å². The third-order valence-corrected chi connectivity index (χ3v) is 4.89. The average molecular weight is 438 g/mol. The Hall–Kier alpha value is -2.31. The Bertz CT molecular complexity index is 801. The lowest BCUT2D eigenvalue weighted by molar-refractivity contribution is -0.205. The van der Waals surface area contributed by atoms with E-state index in [0.717, 1.165) is 6.54 Å². The number of allylic oxidation sites excluding steroid dienone is 3. The van der Waals surface area contributed by atoms with Crippen LogP contribution in [0, 0.1) is 23.1 Å². The molecule has 7 nitrogen and oxygen atoms in total. The van der Waals surface area contributed by atoms with E-state index in [1.165, 1.54) is 18.2 Å². The van der Waals surface area contributed by atoms with Crippen molar-refractivity contribution in [3.8, 4) is 6.07 Å². The summed E-state index contributed by atoms with van der Waals surface area (Å²) >= 11 is 5.77. The van der Waals surface area contributed by atoms with E-state index in [4.69, 9.17) is 37.8 Å². The van der Waals surface area contributed by atoms with Crippen molar-refractivity contribution in [2.45, 2.75) is 19.3 Å². The van der Waals surface area contributed by atoms with Crippen LogP contribution in [0.5, 0.6) is 0 Å². The van der Waals surface area contributed by atoms with Crippen LogP contribution < -0.4 is 11.5 Å². The maximum atomic E-state index is 13.8. The molecule has 0 spiro atoms. The van der Waals surface area contributed by atoms with E-state index in [-0.39, 0.29) is 17.0 Å². The number of rotatable bonds is 9. The van der Waals surface area contributed by atoms with Crippen molar-refractivity contribution in [3.05, 3.63) is 58.3 Å². The molecule has 0 aromatic heterocycles. The Kier molecular flexibility index (Phi) is 9.40. The van der Waals surface area contributed by atoms with Gasteiger partial charge in [0.25, 0.3) is 0 Å². The van der Waals surface area contributed by atoms with Crippen molar-refractivity contribution in [2.24, 2.45) is 17.4 Å². The molecule has 0 amide bonds. The van der Waals surface area contributed by atoms with Crippen LogP contribution in [0.15, 0.2) is 41.9 Å². The monoisotopic (exact) mass is 437 g/mol. The number of nitriles is 1. The molecule has 1 fully saturated rings. The molecule has 1 aromatic carbocycles. The highest BCUT2D eigenvalue weighted by Gasteiger charge is 2.23. The Labute approximate surface area is 182 Å². The first kappa shape index (κ1) is 24.0. The normalized spacial score (nSPS) is 20.3. The second-order valence-corrected chi connectivity index (χ2v) is 7.92. The maximum absolute atomic E-state index is 13.8. The topological polar surface area (TPSA) is 101 Å². The van der Waals surface area contributed by atoms with Gasteiger partial charge in [-0.2, -0.15) is 5.26 Å². The van der Waals surface area contributed by atoms with Gasteiger partial charge in [-0.3, -0.25) is 0 Å². The predicted molar refractivity (Wildman–Crippen MR) is 114 cm³/mol. The van der Waals surface area contributed by atoms with Crippen molar-refractivity contribution >= 4 is 11.6 Å². The Morgan fingerprint density at radius 3 is 2.60 bits per heavy atom. The second kappa shape index (κ2) is 11.8. The van der Waals surface area contributed by atoms with Crippen molar-refractivity contribution in [1.29, 1.82) is 5.26 Å². The summed E-state index contributed by atoms with van der Waals surface area (Å²) in [5.41, 5.74) is 12.5. The summed E-state index contributed by atoms with van der Waals surface area (Å²) in [6, 6.07) is 6.46. The lowest BCUT2D eigenvalue weighted by Crippen LogP contribution is -2.39. The van der Waals surface area contributed by atoms with Gasteiger partial charge in [-0.15, -0.1) is 0 Å². The third-order valence-electron chi connectivity index (χ3n) is 4.58. The van der Waals surface area contributed by atoms with Gasteiger partial charge in [-0.1, -0.05) is 17.7 Å². The minimum Gasteiger partial charge on any atom is -0.390 e. The van der Waals surface area contributed by atoms with Gasteiger partial charge in [-0.05, 0) is 43.9 Å². The first-order chi connectivity index (χ1) is 14.3. The molecule has 1 heterocycles. The Balaban J connectivity index is 2.02. The van der Waals surface area contributed by atoms with Gasteiger partial charge in [0.05, 0.1) is 24.1 Å². The second-order valence-electron chi connectivity index (χ2n) is 7.51. The molecule has 0 aliphatic carbocycles. The third kappa shape index (κ3) is 7.84. The SMILES string of the molecule is CN(C)CC1COC(CCN(Cc2ccc(Cl)c(F)c2)/C(N)=C/C=C(\N)C#N)OC1. The van der Waals surface area contributed by atoms with Gasteiger partial charge in [0, 0.05) is 32.0 Å². The van der Waals surface area contributed by atoms with Crippen molar-refractivity contribution in [2.75, 3.05) is 40.4 Å². The van der Waals surface area contributed by atoms with Crippen LogP contribution in [-0.2, 0) is 16.0 Å². The molecule has 1 aliphatic heterocycles. The smallest absolute Gasteiger partial charge is 0.159 e. The van der Waals surface area contributed by atoms with Crippen LogP contribution in [0.1, 0.15) is 12.0 Å². The summed E-state index contributed by atoms with van der Waals surface area (Å²) < 4.78 is 25.5. The molecule has 0 unspecified atom stereocenters. The highest BCUT2D eigenvalue weighted by Crippen LogP contribution is 2.19. The predicted octanol–water partition coefficient (Wildman–Crippen LogP) is 2.39. The lowest BCUT2D eigenvalue weighted by Gasteiger charge is -2.33. The molecule has 1 saturated heterocycles. The van der Waals surface area contributed by atoms with E-state index in [1.807, 2.05) is 25.1 Å². The standard InChI is InChI=1S/C21H29ClFN5O2/c1-27(2)11-16-13-29-21(30-14-16)7-8-28(20(26)6-4-17(25)10-24)12-15-3-5-18(22)19(23)9-15/h3-6,9,16,21H,7-8,11-14,25-26H2,1-2H3/b17-4-,20-6+. The summed E-state index contributed by atoms with van der Waals surface area (Å²) in [5, 5.41) is 8.87. The first-order valence-corrected chi connectivity index (χ1v) is 10.1. The maximum Gasteiger partial charge on any atom is 0.159 e. The van der Waals surface area contributed by atoms with Gasteiger partial charge in [0.2, 0.25) is 0 Å². The molecule has 0 saturated carbocycles. The number of nitrogens with two attached hydrogens (primary N) is 2. The largest absolute Gasteiger partial charge is 0.390 e. The fourth-order valence-electron chi connectivity index (χ4n) is 3.11. The number of nitrogens with zero attached hydrogens (tertiary/aromatic N) is 3. The van der Waals surface area contributed by atoms with Gasteiger partial charge < -0.3 is 30.7 Å². The first-order valence-electron chi connectivity index (χ1n) is 9.68. The van der Waals surface area contributed by atoms with E-state index in [1.54, 1.807) is 12.1 Å². The molecule has 0 atom stereocenters.